The molecule has 0 bridgehead atoms. The standard InChI is InChI=1S/C4H8FISi/c1-3-7(2,5)4-6/h3H,1,4H2,2H3. The molecule has 0 saturated heterocycles. The predicted octanol–water partition coefficient (Wildman–Crippen LogP) is 2.23. The van der Waals surface area contributed by atoms with E-state index in [2.05, 4.69) is 6.58 Å². The molecule has 0 fully saturated rings. The smallest absolute Gasteiger partial charge is 0.276 e. The lowest BCUT2D eigenvalue weighted by Crippen LogP contribution is -2.22. The van der Waals surface area contributed by atoms with Gasteiger partial charge in [-0.15, -0.1) is 6.58 Å². The minimum Gasteiger partial charge on any atom is -0.308 e. The van der Waals surface area contributed by atoms with Crippen LogP contribution in [0.25, 0.3) is 0 Å². The monoisotopic (exact) mass is 230 g/mol. The number of alkyl halides is 1. The second kappa shape index (κ2) is 2.81. The van der Waals surface area contributed by atoms with Crippen LogP contribution in [0.5, 0.6) is 0 Å². The zero-order valence-electron chi connectivity index (χ0n) is 4.25. The highest BCUT2D eigenvalue weighted by molar-refractivity contribution is 14.1. The van der Waals surface area contributed by atoms with Gasteiger partial charge in [0, 0.05) is 4.05 Å². The van der Waals surface area contributed by atoms with Gasteiger partial charge < -0.3 is 4.11 Å². The maximum absolute atomic E-state index is 12.6. The van der Waals surface area contributed by atoms with Crippen molar-refractivity contribution in [2.45, 2.75) is 6.55 Å². The average Bonchev–Trinajstić information content (AvgIpc) is 1.68. The third-order valence-corrected chi connectivity index (χ3v) is 6.54. The van der Waals surface area contributed by atoms with Crippen molar-refractivity contribution in [3.63, 3.8) is 0 Å². The van der Waals surface area contributed by atoms with Crippen LogP contribution in [0.3, 0.4) is 0 Å². The Labute approximate surface area is 58.1 Å². The van der Waals surface area contributed by atoms with Crippen LogP contribution in [-0.2, 0) is 0 Å². The number of halogens is 2. The third kappa shape index (κ3) is 3.22. The van der Waals surface area contributed by atoms with E-state index in [1.165, 1.54) is 5.70 Å². The molecule has 0 spiro atoms. The summed E-state index contributed by atoms with van der Waals surface area (Å²) >= 11 is 2.05. The number of hydrogen-bond acceptors (Lipinski definition) is 0. The van der Waals surface area contributed by atoms with Crippen molar-refractivity contribution in [3.8, 4) is 0 Å². The summed E-state index contributed by atoms with van der Waals surface area (Å²) in [6.45, 7) is 5.03. The Morgan fingerprint density at radius 3 is 2.43 bits per heavy atom. The van der Waals surface area contributed by atoms with Crippen LogP contribution in [0.4, 0.5) is 4.11 Å². The fourth-order valence-corrected chi connectivity index (χ4v) is 1.10. The molecule has 0 aliphatic heterocycles. The summed E-state index contributed by atoms with van der Waals surface area (Å²) in [6, 6.07) is 0. The quantitative estimate of drug-likeness (QED) is 0.295. The van der Waals surface area contributed by atoms with E-state index >= 15 is 0 Å². The molecule has 42 valence electrons. The van der Waals surface area contributed by atoms with E-state index < -0.39 is 8.41 Å². The molecule has 7 heavy (non-hydrogen) atoms. The molecule has 1 unspecified atom stereocenters. The van der Waals surface area contributed by atoms with Gasteiger partial charge in [0.25, 0.3) is 8.41 Å². The van der Waals surface area contributed by atoms with Gasteiger partial charge in [0.15, 0.2) is 0 Å². The van der Waals surface area contributed by atoms with E-state index in [4.69, 9.17) is 0 Å². The largest absolute Gasteiger partial charge is 0.308 e. The van der Waals surface area contributed by atoms with E-state index in [9.17, 15) is 4.11 Å². The molecule has 0 amide bonds. The SMILES string of the molecule is C=C[Si](C)(F)CI. The average molecular weight is 230 g/mol. The Bertz CT molecular complexity index is 72.1. The topological polar surface area (TPSA) is 0 Å². The molecule has 0 rings (SSSR count). The van der Waals surface area contributed by atoms with Crippen molar-refractivity contribution in [3.05, 3.63) is 12.3 Å². The van der Waals surface area contributed by atoms with Crippen LogP contribution in [0.15, 0.2) is 12.3 Å². The molecular formula is C4H8FISi. The van der Waals surface area contributed by atoms with Crippen molar-refractivity contribution in [2.24, 2.45) is 0 Å². The predicted molar refractivity (Wildman–Crippen MR) is 41.8 cm³/mol. The van der Waals surface area contributed by atoms with Crippen molar-refractivity contribution >= 4 is 31.0 Å². The van der Waals surface area contributed by atoms with Crippen molar-refractivity contribution in [1.29, 1.82) is 0 Å². The molecule has 1 atom stereocenters. The Morgan fingerprint density at radius 1 is 2.00 bits per heavy atom. The lowest BCUT2D eigenvalue weighted by molar-refractivity contribution is 0.820. The minimum absolute atomic E-state index is 0.619. The zero-order chi connectivity index (χ0) is 5.91. The first kappa shape index (κ1) is 7.62. The van der Waals surface area contributed by atoms with Gasteiger partial charge in [-0.05, 0) is 6.55 Å². The molecule has 3 heteroatoms. The fraction of sp³-hybridized carbons (Fsp3) is 0.500. The summed E-state index contributed by atoms with van der Waals surface area (Å²) in [7, 11) is -2.40. The number of hydrogen-bond donors (Lipinski definition) is 0. The molecule has 0 aromatic carbocycles. The summed E-state index contributed by atoms with van der Waals surface area (Å²) in [6.07, 6.45) is 0. The van der Waals surface area contributed by atoms with Crippen LogP contribution in [-0.4, -0.2) is 12.5 Å². The van der Waals surface area contributed by atoms with Gasteiger partial charge in [0.1, 0.15) is 0 Å². The summed E-state index contributed by atoms with van der Waals surface area (Å²) in [5.41, 5.74) is 1.46. The lowest BCUT2D eigenvalue weighted by atomic mass is 11.3. The van der Waals surface area contributed by atoms with E-state index in [-0.39, 0.29) is 0 Å². The summed E-state index contributed by atoms with van der Waals surface area (Å²) in [5, 5.41) is 0. The van der Waals surface area contributed by atoms with E-state index in [0.29, 0.717) is 4.05 Å². The van der Waals surface area contributed by atoms with Crippen LogP contribution in [0.2, 0.25) is 6.55 Å². The Morgan fingerprint density at radius 2 is 2.43 bits per heavy atom. The van der Waals surface area contributed by atoms with Gasteiger partial charge in [-0.2, -0.15) is 0 Å². The van der Waals surface area contributed by atoms with Gasteiger partial charge in [-0.25, -0.2) is 0 Å². The molecular weight excluding hydrogens is 222 g/mol. The zero-order valence-corrected chi connectivity index (χ0v) is 7.40. The van der Waals surface area contributed by atoms with Crippen LogP contribution in [0, 0.1) is 0 Å². The maximum atomic E-state index is 12.6. The molecule has 0 nitrogen and oxygen atoms in total. The van der Waals surface area contributed by atoms with E-state index in [0.717, 1.165) is 0 Å². The third-order valence-electron chi connectivity index (χ3n) is 0.687. The van der Waals surface area contributed by atoms with Gasteiger partial charge in [0.2, 0.25) is 0 Å². The maximum Gasteiger partial charge on any atom is 0.276 e. The van der Waals surface area contributed by atoms with E-state index in [1.807, 2.05) is 22.6 Å². The lowest BCUT2D eigenvalue weighted by Gasteiger charge is -2.03. The first-order valence-corrected chi connectivity index (χ1v) is 6.19. The second-order valence-corrected chi connectivity index (χ2v) is 7.14. The highest BCUT2D eigenvalue weighted by Gasteiger charge is 2.19. The highest BCUT2D eigenvalue weighted by Crippen LogP contribution is 2.07. The van der Waals surface area contributed by atoms with E-state index in [1.54, 1.807) is 6.55 Å². The molecule has 0 aromatic heterocycles. The first-order valence-electron chi connectivity index (χ1n) is 2.01. The van der Waals surface area contributed by atoms with Gasteiger partial charge in [-0.1, -0.05) is 28.3 Å². The van der Waals surface area contributed by atoms with Gasteiger partial charge in [-0.3, -0.25) is 0 Å². The molecule has 0 heterocycles. The minimum atomic E-state index is -2.40. The number of rotatable bonds is 2. The van der Waals surface area contributed by atoms with Crippen LogP contribution in [0.1, 0.15) is 0 Å². The highest BCUT2D eigenvalue weighted by atomic mass is 127. The molecule has 0 radical (unpaired) electrons. The van der Waals surface area contributed by atoms with Gasteiger partial charge in [0.05, 0.1) is 0 Å². The van der Waals surface area contributed by atoms with Crippen LogP contribution < -0.4 is 0 Å². The fourth-order valence-electron chi connectivity index (χ4n) is 0.0546. The summed E-state index contributed by atoms with van der Waals surface area (Å²) in [5.74, 6) is 0. The normalized spacial score (nSPS) is 18.1. The molecule has 0 aliphatic rings. The Hall–Kier alpha value is 0.617. The summed E-state index contributed by atoms with van der Waals surface area (Å²) in [4.78, 5) is 0. The van der Waals surface area contributed by atoms with Gasteiger partial charge >= 0.3 is 0 Å². The summed E-state index contributed by atoms with van der Waals surface area (Å²) < 4.78 is 13.2. The van der Waals surface area contributed by atoms with Crippen molar-refractivity contribution in [1.82, 2.24) is 0 Å². The molecule has 0 saturated carbocycles. The second-order valence-electron chi connectivity index (χ2n) is 1.62. The van der Waals surface area contributed by atoms with Crippen LogP contribution >= 0.6 is 22.6 Å². The molecule has 0 aliphatic carbocycles. The van der Waals surface area contributed by atoms with Crippen molar-refractivity contribution in [2.75, 3.05) is 4.05 Å². The molecule has 0 aromatic rings. The Balaban J connectivity index is 3.58. The molecule has 0 N–H and O–H groups in total. The Kier molecular flexibility index (Phi) is 3.06. The first-order chi connectivity index (χ1) is 3.12. The van der Waals surface area contributed by atoms with Crippen molar-refractivity contribution < 1.29 is 4.11 Å².